The largest absolute Gasteiger partial charge is 0.363 e. The monoisotopic (exact) mass is 476 g/mol. The van der Waals surface area contributed by atoms with Crippen molar-refractivity contribution in [3.05, 3.63) is 17.5 Å². The van der Waals surface area contributed by atoms with Gasteiger partial charge in [-0.05, 0) is 55.0 Å². The van der Waals surface area contributed by atoms with Crippen molar-refractivity contribution >= 4 is 46.3 Å². The average molecular weight is 476 g/mol. The second-order valence-electron chi connectivity index (χ2n) is 7.45. The van der Waals surface area contributed by atoms with Crippen molar-refractivity contribution in [2.24, 2.45) is 16.8 Å². The fourth-order valence-corrected chi connectivity index (χ4v) is 4.85. The third kappa shape index (κ3) is 6.31. The van der Waals surface area contributed by atoms with Crippen molar-refractivity contribution < 1.29 is 0 Å². The van der Waals surface area contributed by atoms with Crippen LogP contribution in [0.15, 0.2) is 22.5 Å². The van der Waals surface area contributed by atoms with E-state index in [4.69, 9.17) is 0 Å². The molecule has 2 atom stereocenters. The fourth-order valence-electron chi connectivity index (χ4n) is 4.07. The Morgan fingerprint density at radius 3 is 2.72 bits per heavy atom. The van der Waals surface area contributed by atoms with E-state index in [0.29, 0.717) is 6.04 Å². The lowest BCUT2D eigenvalue weighted by molar-refractivity contribution is 0.282. The van der Waals surface area contributed by atoms with Crippen molar-refractivity contribution in [1.29, 1.82) is 0 Å². The molecule has 1 saturated heterocycles. The molecular formula is C19H33IN4S. The van der Waals surface area contributed by atoms with Crippen molar-refractivity contribution in [1.82, 2.24) is 10.6 Å². The molecule has 4 nitrogen and oxygen atoms in total. The molecule has 1 aromatic rings. The molecule has 2 unspecified atom stereocenters. The Balaban J connectivity index is 0.00000225. The number of guanidine groups is 1. The van der Waals surface area contributed by atoms with E-state index in [0.717, 1.165) is 37.4 Å². The van der Waals surface area contributed by atoms with E-state index >= 15 is 0 Å². The summed E-state index contributed by atoms with van der Waals surface area (Å²) in [4.78, 5) is 6.94. The average Bonchev–Trinajstić information content (AvgIpc) is 3.14. The van der Waals surface area contributed by atoms with Crippen molar-refractivity contribution in [2.75, 3.05) is 31.6 Å². The number of rotatable bonds is 4. The maximum atomic E-state index is 4.44. The number of piperidine rings is 1. The third-order valence-corrected chi connectivity index (χ3v) is 6.41. The SMILES string of the molecule is CN=C(NCC1CCCC(C)C1)NC1CCN(c2cccs2)CC1.I. The van der Waals surface area contributed by atoms with E-state index < -0.39 is 0 Å². The predicted molar refractivity (Wildman–Crippen MR) is 121 cm³/mol. The van der Waals surface area contributed by atoms with Crippen molar-refractivity contribution in [3.63, 3.8) is 0 Å². The van der Waals surface area contributed by atoms with Crippen LogP contribution in [0.1, 0.15) is 45.4 Å². The second kappa shape index (κ2) is 10.6. The van der Waals surface area contributed by atoms with Gasteiger partial charge in [0.1, 0.15) is 0 Å². The summed E-state index contributed by atoms with van der Waals surface area (Å²) in [6, 6.07) is 4.91. The topological polar surface area (TPSA) is 39.7 Å². The van der Waals surface area contributed by atoms with Crippen molar-refractivity contribution in [3.8, 4) is 0 Å². The Bertz CT molecular complexity index is 512. The molecule has 1 aliphatic carbocycles. The minimum atomic E-state index is 0. The van der Waals surface area contributed by atoms with Crippen LogP contribution in [0.5, 0.6) is 0 Å². The molecule has 1 aliphatic heterocycles. The Hall–Kier alpha value is -0.500. The number of nitrogens with zero attached hydrogens (tertiary/aromatic N) is 2. The molecule has 0 amide bonds. The van der Waals surface area contributed by atoms with Gasteiger partial charge in [0.05, 0.1) is 5.00 Å². The molecule has 2 N–H and O–H groups in total. The zero-order valence-corrected chi connectivity index (χ0v) is 18.7. The zero-order valence-electron chi connectivity index (χ0n) is 15.5. The first-order valence-electron chi connectivity index (χ1n) is 9.50. The van der Waals surface area contributed by atoms with Crippen LogP contribution in [-0.2, 0) is 0 Å². The summed E-state index contributed by atoms with van der Waals surface area (Å²) in [6.07, 6.45) is 7.89. The molecule has 1 aromatic heterocycles. The van der Waals surface area contributed by atoms with Gasteiger partial charge < -0.3 is 15.5 Å². The van der Waals surface area contributed by atoms with Crippen LogP contribution in [0, 0.1) is 11.8 Å². The molecule has 142 valence electrons. The Kier molecular flexibility index (Phi) is 8.82. The van der Waals surface area contributed by atoms with E-state index in [2.05, 4.69) is 45.0 Å². The van der Waals surface area contributed by atoms with Crippen LogP contribution in [0.2, 0.25) is 0 Å². The van der Waals surface area contributed by atoms with Gasteiger partial charge in [-0.15, -0.1) is 35.3 Å². The number of anilines is 1. The molecule has 3 rings (SSSR count). The lowest BCUT2D eigenvalue weighted by Crippen LogP contribution is -2.49. The number of hydrogen-bond acceptors (Lipinski definition) is 3. The van der Waals surface area contributed by atoms with Crippen LogP contribution >= 0.6 is 35.3 Å². The summed E-state index contributed by atoms with van der Waals surface area (Å²) < 4.78 is 0. The van der Waals surface area contributed by atoms with Gasteiger partial charge in [-0.2, -0.15) is 0 Å². The number of halogens is 1. The molecule has 2 heterocycles. The number of nitrogens with one attached hydrogen (secondary N) is 2. The van der Waals surface area contributed by atoms with E-state index in [1.54, 1.807) is 0 Å². The molecule has 1 saturated carbocycles. The van der Waals surface area contributed by atoms with Gasteiger partial charge in [-0.25, -0.2) is 0 Å². The van der Waals surface area contributed by atoms with Gasteiger partial charge in [0.15, 0.2) is 5.96 Å². The molecule has 2 fully saturated rings. The minimum Gasteiger partial charge on any atom is -0.363 e. The first kappa shape index (κ1) is 20.8. The molecule has 2 aliphatic rings. The first-order valence-corrected chi connectivity index (χ1v) is 10.4. The van der Waals surface area contributed by atoms with Crippen LogP contribution < -0.4 is 15.5 Å². The quantitative estimate of drug-likeness (QED) is 0.386. The van der Waals surface area contributed by atoms with Crippen LogP contribution in [0.25, 0.3) is 0 Å². The zero-order chi connectivity index (χ0) is 16.8. The molecule has 0 bridgehead atoms. The lowest BCUT2D eigenvalue weighted by Gasteiger charge is -2.34. The third-order valence-electron chi connectivity index (χ3n) is 5.48. The van der Waals surface area contributed by atoms with Gasteiger partial charge in [0.2, 0.25) is 0 Å². The summed E-state index contributed by atoms with van der Waals surface area (Å²) in [7, 11) is 1.89. The summed E-state index contributed by atoms with van der Waals surface area (Å²) in [6.45, 7) is 5.73. The van der Waals surface area contributed by atoms with Gasteiger partial charge in [-0.3, -0.25) is 4.99 Å². The molecule has 0 aromatic carbocycles. The number of hydrogen-bond donors (Lipinski definition) is 2. The Morgan fingerprint density at radius 2 is 2.08 bits per heavy atom. The highest BCUT2D eigenvalue weighted by molar-refractivity contribution is 14.0. The molecule has 0 spiro atoms. The van der Waals surface area contributed by atoms with Crippen LogP contribution in [0.4, 0.5) is 5.00 Å². The second-order valence-corrected chi connectivity index (χ2v) is 8.37. The Labute approximate surface area is 173 Å². The molecule has 0 radical (unpaired) electrons. The van der Waals surface area contributed by atoms with Gasteiger partial charge >= 0.3 is 0 Å². The molecule has 25 heavy (non-hydrogen) atoms. The maximum absolute atomic E-state index is 4.44. The standard InChI is InChI=1S/C19H32N4S.HI/c1-15-5-3-6-16(13-15)14-21-19(20-2)22-17-8-10-23(11-9-17)18-7-4-12-24-18;/h4,7,12,15-17H,3,5-6,8-11,13-14H2,1-2H3,(H2,20,21,22);1H. The van der Waals surface area contributed by atoms with E-state index in [-0.39, 0.29) is 24.0 Å². The molecular weight excluding hydrogens is 443 g/mol. The van der Waals surface area contributed by atoms with E-state index in [9.17, 15) is 0 Å². The van der Waals surface area contributed by atoms with Crippen LogP contribution in [0.3, 0.4) is 0 Å². The highest BCUT2D eigenvalue weighted by Crippen LogP contribution is 2.28. The lowest BCUT2D eigenvalue weighted by atomic mass is 9.82. The number of thiophene rings is 1. The van der Waals surface area contributed by atoms with E-state index in [1.165, 1.54) is 43.5 Å². The summed E-state index contributed by atoms with van der Waals surface area (Å²) in [5.41, 5.74) is 0. The summed E-state index contributed by atoms with van der Waals surface area (Å²) in [5.74, 6) is 2.69. The molecule has 6 heteroatoms. The first-order chi connectivity index (χ1) is 11.7. The highest BCUT2D eigenvalue weighted by atomic mass is 127. The summed E-state index contributed by atoms with van der Waals surface area (Å²) in [5, 5.41) is 10.8. The predicted octanol–water partition coefficient (Wildman–Crippen LogP) is 4.33. The minimum absolute atomic E-state index is 0. The smallest absolute Gasteiger partial charge is 0.191 e. The van der Waals surface area contributed by atoms with Crippen molar-refractivity contribution in [2.45, 2.75) is 51.5 Å². The highest BCUT2D eigenvalue weighted by Gasteiger charge is 2.22. The van der Waals surface area contributed by atoms with E-state index in [1.807, 2.05) is 18.4 Å². The van der Waals surface area contributed by atoms with Crippen LogP contribution in [-0.4, -0.2) is 38.7 Å². The summed E-state index contributed by atoms with van der Waals surface area (Å²) >= 11 is 1.84. The maximum Gasteiger partial charge on any atom is 0.191 e. The fraction of sp³-hybridized carbons (Fsp3) is 0.737. The van der Waals surface area contributed by atoms with Gasteiger partial charge in [0.25, 0.3) is 0 Å². The number of aliphatic imine (C=N–C) groups is 1. The Morgan fingerprint density at radius 1 is 1.28 bits per heavy atom. The normalized spacial score (nSPS) is 25.4. The van der Waals surface area contributed by atoms with Gasteiger partial charge in [-0.1, -0.05) is 19.8 Å². The van der Waals surface area contributed by atoms with Gasteiger partial charge in [0, 0.05) is 32.7 Å².